The third-order valence-corrected chi connectivity index (χ3v) is 5.03. The number of piperidine rings is 1. The lowest BCUT2D eigenvalue weighted by Crippen LogP contribution is -2.52. The fraction of sp³-hybridized carbons (Fsp3) is 0.667. The summed E-state index contributed by atoms with van der Waals surface area (Å²) >= 11 is 0. The highest BCUT2D eigenvalue weighted by Gasteiger charge is 2.26. The predicted molar refractivity (Wildman–Crippen MR) is 90.5 cm³/mol. The number of para-hydroxylation sites is 1. The summed E-state index contributed by atoms with van der Waals surface area (Å²) in [6.45, 7) is 9.23. The molecule has 0 bridgehead atoms. The summed E-state index contributed by atoms with van der Waals surface area (Å²) in [4.78, 5) is 7.69. The molecule has 1 aromatic carbocycles. The van der Waals surface area contributed by atoms with Crippen molar-refractivity contribution < 1.29 is 4.74 Å². The largest absolute Gasteiger partial charge is 0.492 e. The van der Waals surface area contributed by atoms with Gasteiger partial charge in [0.25, 0.3) is 0 Å². The monoisotopic (exact) mass is 303 g/mol. The van der Waals surface area contributed by atoms with E-state index in [9.17, 15) is 0 Å². The van der Waals surface area contributed by atoms with E-state index in [1.54, 1.807) is 0 Å². The Morgan fingerprint density at radius 3 is 2.32 bits per heavy atom. The van der Waals surface area contributed by atoms with Crippen LogP contribution < -0.4 is 4.74 Å². The Labute approximate surface area is 134 Å². The summed E-state index contributed by atoms with van der Waals surface area (Å²) in [6.07, 6.45) is 2.63. The van der Waals surface area contributed by atoms with E-state index in [2.05, 4.69) is 21.7 Å². The lowest BCUT2D eigenvalue weighted by atomic mass is 10.0. The molecule has 2 aliphatic rings. The van der Waals surface area contributed by atoms with Crippen LogP contribution in [0.3, 0.4) is 0 Å². The van der Waals surface area contributed by atoms with Crippen LogP contribution in [-0.4, -0.2) is 80.2 Å². The average Bonchev–Trinajstić information content (AvgIpc) is 2.57. The lowest BCUT2D eigenvalue weighted by Gasteiger charge is -2.42. The highest BCUT2D eigenvalue weighted by atomic mass is 16.5. The van der Waals surface area contributed by atoms with Gasteiger partial charge >= 0.3 is 0 Å². The van der Waals surface area contributed by atoms with Crippen LogP contribution >= 0.6 is 0 Å². The van der Waals surface area contributed by atoms with Crippen LogP contribution in [-0.2, 0) is 0 Å². The van der Waals surface area contributed by atoms with E-state index >= 15 is 0 Å². The van der Waals surface area contributed by atoms with Gasteiger partial charge in [0.05, 0.1) is 0 Å². The Kier molecular flexibility index (Phi) is 5.70. The summed E-state index contributed by atoms with van der Waals surface area (Å²) in [5.74, 6) is 0.981. The zero-order valence-electron chi connectivity index (χ0n) is 13.8. The second-order valence-corrected chi connectivity index (χ2v) is 6.57. The molecule has 0 amide bonds. The Hall–Kier alpha value is -1.10. The summed E-state index contributed by atoms with van der Waals surface area (Å²) in [6, 6.07) is 10.9. The molecule has 4 heteroatoms. The molecule has 0 N–H and O–H groups in total. The Balaban J connectivity index is 1.33. The molecule has 2 heterocycles. The van der Waals surface area contributed by atoms with Crippen molar-refractivity contribution in [2.24, 2.45) is 0 Å². The van der Waals surface area contributed by atoms with Gasteiger partial charge in [0.15, 0.2) is 0 Å². The lowest BCUT2D eigenvalue weighted by molar-refractivity contribution is 0.0638. The molecule has 2 fully saturated rings. The van der Waals surface area contributed by atoms with Gasteiger partial charge in [-0.2, -0.15) is 0 Å². The Morgan fingerprint density at radius 1 is 0.955 bits per heavy atom. The van der Waals surface area contributed by atoms with Crippen molar-refractivity contribution in [1.29, 1.82) is 0 Å². The molecule has 0 atom stereocenters. The van der Waals surface area contributed by atoms with Crippen LogP contribution in [0.4, 0.5) is 0 Å². The third kappa shape index (κ3) is 4.45. The zero-order valence-corrected chi connectivity index (χ0v) is 13.8. The number of benzene rings is 1. The first-order valence-corrected chi connectivity index (χ1v) is 8.64. The van der Waals surface area contributed by atoms with Gasteiger partial charge in [-0.15, -0.1) is 0 Å². The van der Waals surface area contributed by atoms with Crippen LogP contribution in [0, 0.1) is 0 Å². The first-order chi connectivity index (χ1) is 10.8. The van der Waals surface area contributed by atoms with Crippen molar-refractivity contribution >= 4 is 0 Å². The van der Waals surface area contributed by atoms with Gasteiger partial charge in [-0.1, -0.05) is 18.2 Å². The number of likely N-dealkylation sites (tertiary alicyclic amines) is 1. The second kappa shape index (κ2) is 7.95. The SMILES string of the molecule is CN1CCN(C2CCN(CCOc3ccccc3)CC2)CC1. The number of piperazine rings is 1. The van der Waals surface area contributed by atoms with Crippen molar-refractivity contribution in [3.05, 3.63) is 30.3 Å². The predicted octanol–water partition coefficient (Wildman–Crippen LogP) is 1.78. The molecule has 0 aliphatic carbocycles. The van der Waals surface area contributed by atoms with Crippen LogP contribution in [0.1, 0.15) is 12.8 Å². The van der Waals surface area contributed by atoms with E-state index < -0.39 is 0 Å². The Morgan fingerprint density at radius 2 is 1.64 bits per heavy atom. The number of hydrogen-bond acceptors (Lipinski definition) is 4. The van der Waals surface area contributed by atoms with Gasteiger partial charge in [-0.3, -0.25) is 9.80 Å². The van der Waals surface area contributed by atoms with E-state index in [4.69, 9.17) is 4.74 Å². The maximum absolute atomic E-state index is 5.81. The third-order valence-electron chi connectivity index (χ3n) is 5.03. The molecule has 122 valence electrons. The van der Waals surface area contributed by atoms with E-state index in [1.807, 2.05) is 30.3 Å². The van der Waals surface area contributed by atoms with E-state index in [0.29, 0.717) is 0 Å². The highest BCUT2D eigenvalue weighted by Crippen LogP contribution is 2.18. The van der Waals surface area contributed by atoms with Gasteiger partial charge in [-0.05, 0) is 45.1 Å². The number of hydrogen-bond donors (Lipinski definition) is 0. The van der Waals surface area contributed by atoms with Crippen molar-refractivity contribution in [1.82, 2.24) is 14.7 Å². The number of rotatable bonds is 5. The standard InChI is InChI=1S/C18H29N3O/c1-19-11-13-21(14-12-19)17-7-9-20(10-8-17)15-16-22-18-5-3-2-4-6-18/h2-6,17H,7-16H2,1H3. The second-order valence-electron chi connectivity index (χ2n) is 6.57. The minimum Gasteiger partial charge on any atom is -0.492 e. The zero-order chi connectivity index (χ0) is 15.2. The molecule has 2 saturated heterocycles. The van der Waals surface area contributed by atoms with Crippen LogP contribution in [0.25, 0.3) is 0 Å². The van der Waals surface area contributed by atoms with Crippen LogP contribution in [0.5, 0.6) is 5.75 Å². The Bertz CT molecular complexity index is 423. The maximum Gasteiger partial charge on any atom is 0.119 e. The first-order valence-electron chi connectivity index (χ1n) is 8.64. The van der Waals surface area contributed by atoms with E-state index in [-0.39, 0.29) is 0 Å². The number of ether oxygens (including phenoxy) is 1. The summed E-state index contributed by atoms with van der Waals surface area (Å²) in [5, 5.41) is 0. The molecule has 2 aliphatic heterocycles. The molecule has 4 nitrogen and oxygen atoms in total. The number of likely N-dealkylation sites (N-methyl/N-ethyl adjacent to an activating group) is 1. The topological polar surface area (TPSA) is 19.0 Å². The normalized spacial score (nSPS) is 22.8. The van der Waals surface area contributed by atoms with Crippen molar-refractivity contribution in [2.75, 3.05) is 59.5 Å². The summed E-state index contributed by atoms with van der Waals surface area (Å²) in [5.41, 5.74) is 0. The maximum atomic E-state index is 5.81. The molecule has 1 aromatic rings. The minimum atomic E-state index is 0.795. The fourth-order valence-corrected chi connectivity index (χ4v) is 3.50. The van der Waals surface area contributed by atoms with Gasteiger partial charge in [0.1, 0.15) is 12.4 Å². The van der Waals surface area contributed by atoms with Gasteiger partial charge in [0, 0.05) is 38.8 Å². The van der Waals surface area contributed by atoms with Gasteiger partial charge < -0.3 is 9.64 Å². The van der Waals surface area contributed by atoms with Crippen molar-refractivity contribution in [3.8, 4) is 5.75 Å². The molecule has 0 radical (unpaired) electrons. The molecule has 0 aromatic heterocycles. The molecular formula is C18H29N3O. The highest BCUT2D eigenvalue weighted by molar-refractivity contribution is 5.20. The fourth-order valence-electron chi connectivity index (χ4n) is 3.50. The van der Waals surface area contributed by atoms with Crippen molar-refractivity contribution in [2.45, 2.75) is 18.9 Å². The summed E-state index contributed by atoms with van der Waals surface area (Å²) in [7, 11) is 2.23. The number of nitrogens with zero attached hydrogens (tertiary/aromatic N) is 3. The molecule has 0 spiro atoms. The van der Waals surface area contributed by atoms with Crippen LogP contribution in [0.15, 0.2) is 30.3 Å². The molecule has 0 unspecified atom stereocenters. The molecular weight excluding hydrogens is 274 g/mol. The molecule has 22 heavy (non-hydrogen) atoms. The average molecular weight is 303 g/mol. The molecule has 3 rings (SSSR count). The minimum absolute atomic E-state index is 0.795. The summed E-state index contributed by atoms with van der Waals surface area (Å²) < 4.78 is 5.81. The van der Waals surface area contributed by atoms with Gasteiger partial charge in [0.2, 0.25) is 0 Å². The van der Waals surface area contributed by atoms with E-state index in [0.717, 1.165) is 24.9 Å². The first kappa shape index (κ1) is 15.8. The molecule has 0 saturated carbocycles. The van der Waals surface area contributed by atoms with Gasteiger partial charge in [-0.25, -0.2) is 0 Å². The van der Waals surface area contributed by atoms with Crippen molar-refractivity contribution in [3.63, 3.8) is 0 Å². The quantitative estimate of drug-likeness (QED) is 0.825. The smallest absolute Gasteiger partial charge is 0.119 e. The van der Waals surface area contributed by atoms with Crippen LogP contribution in [0.2, 0.25) is 0 Å². The van der Waals surface area contributed by atoms with E-state index in [1.165, 1.54) is 52.1 Å².